The summed E-state index contributed by atoms with van der Waals surface area (Å²) in [7, 11) is 1.59. The third-order valence-electron chi connectivity index (χ3n) is 5.77. The lowest BCUT2D eigenvalue weighted by atomic mass is 10.1. The summed E-state index contributed by atoms with van der Waals surface area (Å²) in [6.45, 7) is 6.37. The SMILES string of the molecule is CCN(Cc1ccc2c(c1)OCCO2)C(=O)C1CC(=O)N(c2cc(C)ccc2OC)C1. The lowest BCUT2D eigenvalue weighted by molar-refractivity contribution is -0.136. The Balaban J connectivity index is 1.48. The first-order chi connectivity index (χ1) is 15.0. The summed E-state index contributed by atoms with van der Waals surface area (Å²) in [5, 5.41) is 0. The van der Waals surface area contributed by atoms with Gasteiger partial charge in [-0.05, 0) is 49.2 Å². The van der Waals surface area contributed by atoms with Gasteiger partial charge in [-0.3, -0.25) is 9.59 Å². The van der Waals surface area contributed by atoms with Crippen molar-refractivity contribution in [2.24, 2.45) is 5.92 Å². The van der Waals surface area contributed by atoms with Crippen LogP contribution in [0, 0.1) is 12.8 Å². The Labute approximate surface area is 182 Å². The highest BCUT2D eigenvalue weighted by atomic mass is 16.6. The van der Waals surface area contributed by atoms with Crippen LogP contribution in [0.4, 0.5) is 5.69 Å². The first-order valence-electron chi connectivity index (χ1n) is 10.6. The van der Waals surface area contributed by atoms with Crippen LogP contribution in [-0.2, 0) is 16.1 Å². The molecule has 31 heavy (non-hydrogen) atoms. The van der Waals surface area contributed by atoms with Crippen LogP contribution < -0.4 is 19.1 Å². The number of benzene rings is 2. The Morgan fingerprint density at radius 3 is 2.68 bits per heavy atom. The normalized spacial score (nSPS) is 17.6. The van der Waals surface area contributed by atoms with Crippen molar-refractivity contribution < 1.29 is 23.8 Å². The molecule has 0 bridgehead atoms. The van der Waals surface area contributed by atoms with E-state index in [4.69, 9.17) is 14.2 Å². The van der Waals surface area contributed by atoms with Gasteiger partial charge in [-0.2, -0.15) is 0 Å². The molecule has 2 amide bonds. The lowest BCUT2D eigenvalue weighted by Gasteiger charge is -2.26. The van der Waals surface area contributed by atoms with Crippen LogP contribution in [0.2, 0.25) is 0 Å². The number of ether oxygens (including phenoxy) is 3. The van der Waals surface area contributed by atoms with E-state index in [9.17, 15) is 9.59 Å². The molecule has 7 nitrogen and oxygen atoms in total. The van der Waals surface area contributed by atoms with E-state index in [1.807, 2.05) is 50.2 Å². The average Bonchev–Trinajstić information content (AvgIpc) is 3.18. The predicted octanol–water partition coefficient (Wildman–Crippen LogP) is 3.18. The molecule has 0 saturated carbocycles. The molecule has 1 unspecified atom stereocenters. The molecule has 2 aromatic carbocycles. The number of hydrogen-bond donors (Lipinski definition) is 0. The quantitative estimate of drug-likeness (QED) is 0.713. The summed E-state index contributed by atoms with van der Waals surface area (Å²) in [5.74, 6) is 1.62. The molecule has 2 aromatic rings. The van der Waals surface area contributed by atoms with E-state index >= 15 is 0 Å². The number of carbonyl (C=O) groups is 2. The summed E-state index contributed by atoms with van der Waals surface area (Å²) in [6, 6.07) is 11.5. The van der Waals surface area contributed by atoms with Gasteiger partial charge in [0.15, 0.2) is 11.5 Å². The molecule has 0 spiro atoms. The number of amides is 2. The molecular weight excluding hydrogens is 396 g/mol. The smallest absolute Gasteiger partial charge is 0.228 e. The van der Waals surface area contributed by atoms with Gasteiger partial charge < -0.3 is 24.0 Å². The van der Waals surface area contributed by atoms with Crippen LogP contribution in [0.3, 0.4) is 0 Å². The second-order valence-electron chi connectivity index (χ2n) is 7.91. The minimum atomic E-state index is -0.380. The highest BCUT2D eigenvalue weighted by Gasteiger charge is 2.38. The van der Waals surface area contributed by atoms with Gasteiger partial charge in [0.2, 0.25) is 11.8 Å². The maximum atomic E-state index is 13.3. The predicted molar refractivity (Wildman–Crippen MR) is 117 cm³/mol. The Morgan fingerprint density at radius 1 is 1.16 bits per heavy atom. The molecule has 1 fully saturated rings. The largest absolute Gasteiger partial charge is 0.495 e. The van der Waals surface area contributed by atoms with E-state index in [0.29, 0.717) is 44.3 Å². The molecule has 2 aliphatic heterocycles. The second-order valence-corrected chi connectivity index (χ2v) is 7.91. The zero-order valence-electron chi connectivity index (χ0n) is 18.2. The van der Waals surface area contributed by atoms with Crippen LogP contribution in [-0.4, -0.2) is 50.1 Å². The maximum absolute atomic E-state index is 13.3. The third kappa shape index (κ3) is 4.31. The fourth-order valence-electron chi connectivity index (χ4n) is 4.13. The van der Waals surface area contributed by atoms with Gasteiger partial charge in [-0.25, -0.2) is 0 Å². The van der Waals surface area contributed by atoms with Crippen molar-refractivity contribution in [3.8, 4) is 17.2 Å². The minimum Gasteiger partial charge on any atom is -0.495 e. The number of nitrogens with zero attached hydrogens (tertiary/aromatic N) is 2. The number of hydrogen-bond acceptors (Lipinski definition) is 5. The van der Waals surface area contributed by atoms with Gasteiger partial charge in [0, 0.05) is 26.1 Å². The van der Waals surface area contributed by atoms with Crippen molar-refractivity contribution in [2.45, 2.75) is 26.8 Å². The third-order valence-corrected chi connectivity index (χ3v) is 5.77. The van der Waals surface area contributed by atoms with Crippen LogP contribution in [0.5, 0.6) is 17.2 Å². The number of carbonyl (C=O) groups excluding carboxylic acids is 2. The van der Waals surface area contributed by atoms with E-state index in [-0.39, 0.29) is 24.2 Å². The molecule has 1 atom stereocenters. The molecule has 0 aliphatic carbocycles. The fourth-order valence-corrected chi connectivity index (χ4v) is 4.13. The van der Waals surface area contributed by atoms with Crippen molar-refractivity contribution in [1.82, 2.24) is 4.90 Å². The highest BCUT2D eigenvalue weighted by Crippen LogP contribution is 2.35. The summed E-state index contributed by atoms with van der Waals surface area (Å²) in [4.78, 5) is 29.5. The van der Waals surface area contributed by atoms with Crippen molar-refractivity contribution in [1.29, 1.82) is 0 Å². The zero-order valence-corrected chi connectivity index (χ0v) is 18.2. The molecule has 7 heteroatoms. The highest BCUT2D eigenvalue weighted by molar-refractivity contribution is 6.01. The average molecular weight is 424 g/mol. The molecule has 0 N–H and O–H groups in total. The first-order valence-corrected chi connectivity index (χ1v) is 10.6. The van der Waals surface area contributed by atoms with E-state index in [1.54, 1.807) is 16.9 Å². The topological polar surface area (TPSA) is 68.3 Å². The van der Waals surface area contributed by atoms with Gasteiger partial charge >= 0.3 is 0 Å². The number of methoxy groups -OCH3 is 1. The summed E-state index contributed by atoms with van der Waals surface area (Å²) < 4.78 is 16.7. The minimum absolute atomic E-state index is 0.0140. The number of anilines is 1. The molecule has 1 saturated heterocycles. The van der Waals surface area contributed by atoms with E-state index in [2.05, 4.69) is 0 Å². The fraction of sp³-hybridized carbons (Fsp3) is 0.417. The Hall–Kier alpha value is -3.22. The summed E-state index contributed by atoms with van der Waals surface area (Å²) in [5.41, 5.74) is 2.73. The van der Waals surface area contributed by atoms with Gasteiger partial charge in [-0.1, -0.05) is 12.1 Å². The zero-order chi connectivity index (χ0) is 22.0. The molecule has 0 aromatic heterocycles. The van der Waals surface area contributed by atoms with Crippen LogP contribution >= 0.6 is 0 Å². The van der Waals surface area contributed by atoms with Crippen LogP contribution in [0.1, 0.15) is 24.5 Å². The van der Waals surface area contributed by atoms with Gasteiger partial charge in [0.05, 0.1) is 18.7 Å². The Morgan fingerprint density at radius 2 is 1.94 bits per heavy atom. The standard InChI is InChI=1S/C24H28N2O5/c1-4-25(14-17-6-8-21-22(12-17)31-10-9-30-21)24(28)18-13-23(27)26(15-18)19-11-16(2)5-7-20(19)29-3/h5-8,11-12,18H,4,9-10,13-15H2,1-3H3. The molecule has 2 aliphatic rings. The first kappa shape index (κ1) is 21.0. The van der Waals surface area contributed by atoms with Gasteiger partial charge in [-0.15, -0.1) is 0 Å². The van der Waals surface area contributed by atoms with Crippen molar-refractivity contribution >= 4 is 17.5 Å². The number of fused-ring (bicyclic) bond motifs is 1. The molecule has 2 heterocycles. The summed E-state index contributed by atoms with van der Waals surface area (Å²) in [6.07, 6.45) is 0.202. The number of rotatable bonds is 6. The molecule has 0 radical (unpaired) electrons. The Bertz CT molecular complexity index is 990. The summed E-state index contributed by atoms with van der Waals surface area (Å²) >= 11 is 0. The number of aryl methyl sites for hydroxylation is 1. The van der Waals surface area contributed by atoms with Crippen molar-refractivity contribution in [2.75, 3.05) is 38.3 Å². The van der Waals surface area contributed by atoms with Crippen molar-refractivity contribution in [3.05, 3.63) is 47.5 Å². The maximum Gasteiger partial charge on any atom is 0.228 e. The van der Waals surface area contributed by atoms with E-state index in [1.165, 1.54) is 0 Å². The second kappa shape index (κ2) is 8.88. The van der Waals surface area contributed by atoms with Crippen LogP contribution in [0.15, 0.2) is 36.4 Å². The lowest BCUT2D eigenvalue weighted by Crippen LogP contribution is -2.37. The van der Waals surface area contributed by atoms with Crippen molar-refractivity contribution in [3.63, 3.8) is 0 Å². The molecular formula is C24H28N2O5. The van der Waals surface area contributed by atoms with E-state index in [0.717, 1.165) is 22.6 Å². The van der Waals surface area contributed by atoms with E-state index < -0.39 is 0 Å². The van der Waals surface area contributed by atoms with Crippen LogP contribution in [0.25, 0.3) is 0 Å². The molecule has 4 rings (SSSR count). The monoisotopic (exact) mass is 424 g/mol. The van der Waals surface area contributed by atoms with Gasteiger partial charge in [0.1, 0.15) is 19.0 Å². The Kier molecular flexibility index (Phi) is 6.02. The van der Waals surface area contributed by atoms with Gasteiger partial charge in [0.25, 0.3) is 0 Å². The molecule has 164 valence electrons.